The van der Waals surface area contributed by atoms with Gasteiger partial charge in [-0.1, -0.05) is 37.6 Å². The van der Waals surface area contributed by atoms with Gasteiger partial charge in [-0.15, -0.1) is 0 Å². The minimum atomic E-state index is -0.00202. The Kier molecular flexibility index (Phi) is 3.50. The van der Waals surface area contributed by atoms with Crippen LogP contribution >= 0.6 is 11.6 Å². The number of aliphatic hydroxyl groups is 1. The van der Waals surface area contributed by atoms with Crippen molar-refractivity contribution in [3.05, 3.63) is 46.7 Å². The molecular formula is C13H15ClN2O. The SMILES string of the molecule is CC(C)c1c(CO)cnn1-c1ccccc1Cl. The Morgan fingerprint density at radius 1 is 1.35 bits per heavy atom. The number of aliphatic hydroxyl groups excluding tert-OH is 1. The summed E-state index contributed by atoms with van der Waals surface area (Å²) >= 11 is 6.16. The molecule has 2 rings (SSSR count). The van der Waals surface area contributed by atoms with Gasteiger partial charge in [-0.3, -0.25) is 0 Å². The van der Waals surface area contributed by atoms with E-state index in [1.54, 1.807) is 10.9 Å². The first-order valence-electron chi connectivity index (χ1n) is 5.57. The molecule has 0 aliphatic heterocycles. The third-order valence-electron chi connectivity index (χ3n) is 2.68. The fourth-order valence-electron chi connectivity index (χ4n) is 1.94. The van der Waals surface area contributed by atoms with E-state index in [1.807, 2.05) is 24.3 Å². The highest BCUT2D eigenvalue weighted by Crippen LogP contribution is 2.26. The lowest BCUT2D eigenvalue weighted by molar-refractivity contribution is 0.280. The molecule has 0 spiro atoms. The molecule has 1 heterocycles. The van der Waals surface area contributed by atoms with Crippen LogP contribution in [-0.4, -0.2) is 14.9 Å². The van der Waals surface area contributed by atoms with Crippen LogP contribution in [0.1, 0.15) is 31.0 Å². The first kappa shape index (κ1) is 12.1. The van der Waals surface area contributed by atoms with Crippen LogP contribution < -0.4 is 0 Å². The number of hydrogen-bond acceptors (Lipinski definition) is 2. The summed E-state index contributed by atoms with van der Waals surface area (Å²) in [5.41, 5.74) is 2.69. The minimum Gasteiger partial charge on any atom is -0.392 e. The van der Waals surface area contributed by atoms with Crippen molar-refractivity contribution in [1.29, 1.82) is 0 Å². The van der Waals surface area contributed by atoms with Crippen LogP contribution in [-0.2, 0) is 6.61 Å². The Hall–Kier alpha value is -1.32. The van der Waals surface area contributed by atoms with Gasteiger partial charge in [-0.2, -0.15) is 5.10 Å². The van der Waals surface area contributed by atoms with E-state index in [0.717, 1.165) is 16.9 Å². The zero-order valence-corrected chi connectivity index (χ0v) is 10.6. The number of halogens is 1. The third-order valence-corrected chi connectivity index (χ3v) is 3.00. The Labute approximate surface area is 106 Å². The zero-order valence-electron chi connectivity index (χ0n) is 9.89. The van der Waals surface area contributed by atoms with Gasteiger partial charge in [0.2, 0.25) is 0 Å². The average Bonchev–Trinajstić information content (AvgIpc) is 2.73. The summed E-state index contributed by atoms with van der Waals surface area (Å²) in [6.07, 6.45) is 1.69. The number of para-hydroxylation sites is 1. The monoisotopic (exact) mass is 250 g/mol. The molecule has 90 valence electrons. The summed E-state index contributed by atoms with van der Waals surface area (Å²) in [5.74, 6) is 0.274. The second-order valence-corrected chi connectivity index (χ2v) is 4.64. The average molecular weight is 251 g/mol. The molecule has 0 aliphatic rings. The molecule has 0 bridgehead atoms. The molecular weight excluding hydrogens is 236 g/mol. The maximum Gasteiger partial charge on any atom is 0.0835 e. The quantitative estimate of drug-likeness (QED) is 0.909. The predicted molar refractivity (Wildman–Crippen MR) is 68.6 cm³/mol. The molecule has 0 amide bonds. The lowest BCUT2D eigenvalue weighted by atomic mass is 10.1. The van der Waals surface area contributed by atoms with Gasteiger partial charge < -0.3 is 5.11 Å². The van der Waals surface area contributed by atoms with E-state index in [2.05, 4.69) is 18.9 Å². The fourth-order valence-corrected chi connectivity index (χ4v) is 2.16. The Morgan fingerprint density at radius 2 is 2.06 bits per heavy atom. The van der Waals surface area contributed by atoms with E-state index >= 15 is 0 Å². The number of nitrogens with zero attached hydrogens (tertiary/aromatic N) is 2. The summed E-state index contributed by atoms with van der Waals surface area (Å²) in [6, 6.07) is 7.56. The van der Waals surface area contributed by atoms with Crippen molar-refractivity contribution >= 4 is 11.6 Å². The highest BCUT2D eigenvalue weighted by molar-refractivity contribution is 6.32. The normalized spacial score (nSPS) is 11.1. The molecule has 3 nitrogen and oxygen atoms in total. The maximum absolute atomic E-state index is 9.31. The molecule has 1 N–H and O–H groups in total. The molecule has 2 aromatic rings. The maximum atomic E-state index is 9.31. The van der Waals surface area contributed by atoms with Crippen molar-refractivity contribution in [3.8, 4) is 5.69 Å². The summed E-state index contributed by atoms with van der Waals surface area (Å²) in [4.78, 5) is 0. The van der Waals surface area contributed by atoms with Crippen molar-refractivity contribution in [1.82, 2.24) is 9.78 Å². The smallest absolute Gasteiger partial charge is 0.0835 e. The van der Waals surface area contributed by atoms with Crippen molar-refractivity contribution in [2.45, 2.75) is 26.4 Å². The zero-order chi connectivity index (χ0) is 12.4. The van der Waals surface area contributed by atoms with Crippen molar-refractivity contribution in [3.63, 3.8) is 0 Å². The number of benzene rings is 1. The summed E-state index contributed by atoms with van der Waals surface area (Å²) < 4.78 is 1.80. The van der Waals surface area contributed by atoms with Crippen molar-refractivity contribution in [2.24, 2.45) is 0 Å². The van der Waals surface area contributed by atoms with E-state index in [9.17, 15) is 5.11 Å². The second kappa shape index (κ2) is 4.90. The summed E-state index contributed by atoms with van der Waals surface area (Å²) in [7, 11) is 0. The van der Waals surface area contributed by atoms with Gasteiger partial charge in [0, 0.05) is 5.56 Å². The highest BCUT2D eigenvalue weighted by atomic mass is 35.5. The van der Waals surface area contributed by atoms with Crippen LogP contribution in [0.3, 0.4) is 0 Å². The van der Waals surface area contributed by atoms with Crippen LogP contribution in [0.25, 0.3) is 5.69 Å². The number of rotatable bonds is 3. The summed E-state index contributed by atoms with van der Waals surface area (Å²) in [5, 5.41) is 14.3. The van der Waals surface area contributed by atoms with Crippen LogP contribution in [0.15, 0.2) is 30.5 Å². The van der Waals surface area contributed by atoms with Crippen molar-refractivity contribution < 1.29 is 5.11 Å². The topological polar surface area (TPSA) is 38.1 Å². The molecule has 0 saturated heterocycles. The lowest BCUT2D eigenvalue weighted by Crippen LogP contribution is -2.06. The molecule has 0 aliphatic carbocycles. The Bertz CT molecular complexity index is 520. The van der Waals surface area contributed by atoms with Crippen molar-refractivity contribution in [2.75, 3.05) is 0 Å². The molecule has 0 unspecified atom stereocenters. The van der Waals surface area contributed by atoms with Gasteiger partial charge in [-0.05, 0) is 18.1 Å². The third kappa shape index (κ3) is 2.21. The first-order chi connectivity index (χ1) is 8.15. The van der Waals surface area contributed by atoms with Gasteiger partial charge in [0.1, 0.15) is 0 Å². The van der Waals surface area contributed by atoms with E-state index in [1.165, 1.54) is 0 Å². The number of aromatic nitrogens is 2. The van der Waals surface area contributed by atoms with Gasteiger partial charge in [0.05, 0.1) is 29.2 Å². The van der Waals surface area contributed by atoms with E-state index < -0.39 is 0 Å². The first-order valence-corrected chi connectivity index (χ1v) is 5.95. The molecule has 1 aromatic carbocycles. The van der Waals surface area contributed by atoms with Crippen LogP contribution in [0.4, 0.5) is 0 Å². The lowest BCUT2D eigenvalue weighted by Gasteiger charge is -2.13. The molecule has 0 atom stereocenters. The minimum absolute atomic E-state index is 0.00202. The predicted octanol–water partition coefficient (Wildman–Crippen LogP) is 3.14. The van der Waals surface area contributed by atoms with Gasteiger partial charge >= 0.3 is 0 Å². The molecule has 0 fully saturated rings. The number of hydrogen-bond donors (Lipinski definition) is 1. The highest BCUT2D eigenvalue weighted by Gasteiger charge is 2.16. The Morgan fingerprint density at radius 3 is 2.65 bits per heavy atom. The molecule has 0 saturated carbocycles. The molecule has 0 radical (unpaired) electrons. The molecule has 17 heavy (non-hydrogen) atoms. The van der Waals surface area contributed by atoms with E-state index in [4.69, 9.17) is 11.6 Å². The van der Waals surface area contributed by atoms with Crippen LogP contribution in [0.5, 0.6) is 0 Å². The fraction of sp³-hybridized carbons (Fsp3) is 0.308. The molecule has 1 aromatic heterocycles. The van der Waals surface area contributed by atoms with Crippen LogP contribution in [0, 0.1) is 0 Å². The van der Waals surface area contributed by atoms with E-state index in [-0.39, 0.29) is 12.5 Å². The van der Waals surface area contributed by atoms with Crippen LogP contribution in [0.2, 0.25) is 5.02 Å². The largest absolute Gasteiger partial charge is 0.392 e. The molecule has 4 heteroatoms. The second-order valence-electron chi connectivity index (χ2n) is 4.23. The Balaban J connectivity index is 2.60. The summed E-state index contributed by atoms with van der Waals surface area (Å²) in [6.45, 7) is 4.14. The van der Waals surface area contributed by atoms with E-state index in [0.29, 0.717) is 5.02 Å². The standard InChI is InChI=1S/C13H15ClN2O/c1-9(2)13-10(8-17)7-15-16(13)12-6-4-3-5-11(12)14/h3-7,9,17H,8H2,1-2H3. The van der Waals surface area contributed by atoms with Gasteiger partial charge in [0.25, 0.3) is 0 Å². The van der Waals surface area contributed by atoms with Gasteiger partial charge in [-0.25, -0.2) is 4.68 Å². The van der Waals surface area contributed by atoms with Gasteiger partial charge in [0.15, 0.2) is 0 Å².